The molecule has 0 saturated heterocycles. The summed E-state index contributed by atoms with van der Waals surface area (Å²) >= 11 is 0. The number of aliphatic hydroxyl groups excluding tert-OH is 2. The molecule has 0 aliphatic rings. The van der Waals surface area contributed by atoms with E-state index in [1.807, 2.05) is 50.4 Å². The Hall–Kier alpha value is -4.62. The van der Waals surface area contributed by atoms with Crippen LogP contribution in [-0.4, -0.2) is 59.5 Å². The number of carbonyl (C=O) groups is 2. The summed E-state index contributed by atoms with van der Waals surface area (Å²) in [4.78, 5) is 26.8. The third kappa shape index (κ3) is 8.94. The lowest BCUT2D eigenvalue weighted by Gasteiger charge is -2.24. The lowest BCUT2D eigenvalue weighted by atomic mass is 10.0. The lowest BCUT2D eigenvalue weighted by Crippen LogP contribution is -2.37. The lowest BCUT2D eigenvalue weighted by molar-refractivity contribution is -0.140. The summed E-state index contributed by atoms with van der Waals surface area (Å²) in [6, 6.07) is 19.9. The van der Waals surface area contributed by atoms with Gasteiger partial charge in [0.1, 0.15) is 12.0 Å². The minimum Gasteiger partial charge on any atom is -0.491 e. The van der Waals surface area contributed by atoms with Crippen molar-refractivity contribution < 1.29 is 29.3 Å². The van der Waals surface area contributed by atoms with Crippen LogP contribution in [0, 0.1) is 11.8 Å². The topological polar surface area (TPSA) is 133 Å². The number of aromatic nitrogens is 1. The second kappa shape index (κ2) is 15.7. The molecule has 0 radical (unpaired) electrons. The first-order valence-electron chi connectivity index (χ1n) is 14.6. The first kappa shape index (κ1) is 32.3. The molecule has 0 aliphatic heterocycles. The van der Waals surface area contributed by atoms with Crippen molar-refractivity contribution in [3.63, 3.8) is 0 Å². The minimum absolute atomic E-state index is 0.110. The molecule has 1 heterocycles. The number of nitrogens with one attached hydrogen (secondary N) is 3. The van der Waals surface area contributed by atoms with Gasteiger partial charge >= 0.3 is 5.97 Å². The number of H-pyrrole nitrogens is 1. The van der Waals surface area contributed by atoms with Gasteiger partial charge in [0.2, 0.25) is 0 Å². The summed E-state index contributed by atoms with van der Waals surface area (Å²) in [6.07, 6.45) is 1.97. The average molecular weight is 598 g/mol. The number of aromatic amines is 1. The highest BCUT2D eigenvalue weighted by Crippen LogP contribution is 2.27. The SMILES string of the molecule is COC(=O)CCCNC(=O)c1ccc(C#Cc2ccc(OC(C)C)c(C(O)NC(CO)Cc3c[nH]c4ccccc34)c2)cc1. The van der Waals surface area contributed by atoms with Crippen LogP contribution in [0.4, 0.5) is 0 Å². The van der Waals surface area contributed by atoms with Gasteiger partial charge < -0.3 is 30.0 Å². The normalized spacial score (nSPS) is 12.3. The summed E-state index contributed by atoms with van der Waals surface area (Å²) in [5.41, 5.74) is 4.45. The standard InChI is InChI=1S/C35H39N3O6/c1-23(2)44-32-17-14-25(11-10-24-12-15-26(16-13-24)34(41)36-18-6-9-33(40)43-3)19-30(32)35(42)38-28(22-39)20-27-21-37-31-8-5-4-7-29(27)31/h4-5,7-8,12-17,19,21,23,28,35,37-39,42H,6,9,18,20,22H2,1-3H3,(H,36,41). The highest BCUT2D eigenvalue weighted by molar-refractivity contribution is 5.94. The minimum atomic E-state index is -1.11. The fraction of sp³-hybridized carbons (Fsp3) is 0.314. The summed E-state index contributed by atoms with van der Waals surface area (Å²) in [5, 5.41) is 28.4. The number of hydrogen-bond donors (Lipinski definition) is 5. The maximum Gasteiger partial charge on any atom is 0.305 e. The van der Waals surface area contributed by atoms with Crippen LogP contribution >= 0.6 is 0 Å². The van der Waals surface area contributed by atoms with Crippen LogP contribution in [0.25, 0.3) is 10.9 Å². The summed E-state index contributed by atoms with van der Waals surface area (Å²) in [6.45, 7) is 4.03. The van der Waals surface area contributed by atoms with Gasteiger partial charge in [0.05, 0.1) is 19.8 Å². The number of para-hydroxylation sites is 1. The fourth-order valence-corrected chi connectivity index (χ4v) is 4.74. The Balaban J connectivity index is 1.44. The largest absolute Gasteiger partial charge is 0.491 e. The predicted molar refractivity (Wildman–Crippen MR) is 169 cm³/mol. The molecule has 2 unspecified atom stereocenters. The number of hydrogen-bond acceptors (Lipinski definition) is 7. The van der Waals surface area contributed by atoms with Gasteiger partial charge in [-0.1, -0.05) is 30.0 Å². The van der Waals surface area contributed by atoms with Crippen molar-refractivity contribution in [1.29, 1.82) is 0 Å². The van der Waals surface area contributed by atoms with Crippen molar-refractivity contribution in [2.24, 2.45) is 0 Å². The second-order valence-electron chi connectivity index (χ2n) is 10.7. The van der Waals surface area contributed by atoms with Gasteiger partial charge in [-0.3, -0.25) is 14.9 Å². The van der Waals surface area contributed by atoms with Crippen molar-refractivity contribution in [3.05, 3.63) is 101 Å². The van der Waals surface area contributed by atoms with E-state index in [2.05, 4.69) is 32.2 Å². The number of ether oxygens (including phenoxy) is 2. The smallest absolute Gasteiger partial charge is 0.305 e. The van der Waals surface area contributed by atoms with Gasteiger partial charge in [-0.2, -0.15) is 0 Å². The van der Waals surface area contributed by atoms with Crippen molar-refractivity contribution in [3.8, 4) is 17.6 Å². The van der Waals surface area contributed by atoms with Gasteiger partial charge in [-0.05, 0) is 80.8 Å². The molecule has 2 atom stereocenters. The number of esters is 1. The Kier molecular flexibility index (Phi) is 11.5. The molecule has 1 aromatic heterocycles. The molecule has 1 amide bonds. The first-order valence-corrected chi connectivity index (χ1v) is 14.6. The van der Waals surface area contributed by atoms with E-state index in [9.17, 15) is 19.8 Å². The van der Waals surface area contributed by atoms with Gasteiger partial charge in [0, 0.05) is 58.4 Å². The molecule has 9 nitrogen and oxygen atoms in total. The molecule has 0 spiro atoms. The Bertz CT molecular complexity index is 1620. The molecule has 0 bridgehead atoms. The monoisotopic (exact) mass is 597 g/mol. The van der Waals surface area contributed by atoms with E-state index in [0.717, 1.165) is 16.5 Å². The van der Waals surface area contributed by atoms with Crippen LogP contribution in [-0.2, 0) is 16.0 Å². The third-order valence-corrected chi connectivity index (χ3v) is 6.99. The number of aliphatic hydroxyl groups is 2. The van der Waals surface area contributed by atoms with Crippen molar-refractivity contribution >= 4 is 22.8 Å². The zero-order valence-electron chi connectivity index (χ0n) is 25.2. The second-order valence-corrected chi connectivity index (χ2v) is 10.7. The maximum atomic E-state index is 12.4. The van der Waals surface area contributed by atoms with E-state index in [1.165, 1.54) is 7.11 Å². The Morgan fingerprint density at radius 3 is 2.45 bits per heavy atom. The molecule has 230 valence electrons. The van der Waals surface area contributed by atoms with E-state index >= 15 is 0 Å². The quantitative estimate of drug-likeness (QED) is 0.0675. The van der Waals surface area contributed by atoms with Gasteiger partial charge in [-0.15, -0.1) is 0 Å². The third-order valence-electron chi connectivity index (χ3n) is 6.99. The van der Waals surface area contributed by atoms with Crippen molar-refractivity contribution in [1.82, 2.24) is 15.6 Å². The van der Waals surface area contributed by atoms with E-state index in [0.29, 0.717) is 47.4 Å². The zero-order valence-corrected chi connectivity index (χ0v) is 25.2. The van der Waals surface area contributed by atoms with Crippen LogP contribution in [0.3, 0.4) is 0 Å². The highest BCUT2D eigenvalue weighted by Gasteiger charge is 2.20. The van der Waals surface area contributed by atoms with Gasteiger partial charge in [0.25, 0.3) is 5.91 Å². The highest BCUT2D eigenvalue weighted by atomic mass is 16.5. The van der Waals surface area contributed by atoms with Crippen LogP contribution in [0.1, 0.15) is 65.5 Å². The van der Waals surface area contributed by atoms with Gasteiger partial charge in [-0.25, -0.2) is 0 Å². The number of rotatable bonds is 13. The molecule has 3 aromatic carbocycles. The molecular weight excluding hydrogens is 558 g/mol. The number of methoxy groups -OCH3 is 1. The van der Waals surface area contributed by atoms with Crippen molar-refractivity contribution in [2.45, 2.75) is 51.5 Å². The Morgan fingerprint density at radius 2 is 1.73 bits per heavy atom. The van der Waals surface area contributed by atoms with Crippen LogP contribution in [0.2, 0.25) is 0 Å². The number of amides is 1. The molecule has 5 N–H and O–H groups in total. The van der Waals surface area contributed by atoms with E-state index in [4.69, 9.17) is 4.74 Å². The van der Waals surface area contributed by atoms with E-state index < -0.39 is 12.3 Å². The summed E-state index contributed by atoms with van der Waals surface area (Å²) in [5.74, 6) is 6.22. The van der Waals surface area contributed by atoms with E-state index in [1.54, 1.807) is 36.4 Å². The van der Waals surface area contributed by atoms with Crippen molar-refractivity contribution in [2.75, 3.05) is 20.3 Å². The Labute approximate surface area is 257 Å². The first-order chi connectivity index (χ1) is 21.3. The molecule has 0 fully saturated rings. The van der Waals surface area contributed by atoms with E-state index in [-0.39, 0.29) is 31.0 Å². The predicted octanol–water partition coefficient (Wildman–Crippen LogP) is 4.22. The summed E-state index contributed by atoms with van der Waals surface area (Å²) < 4.78 is 10.6. The molecule has 9 heteroatoms. The molecule has 0 saturated carbocycles. The van der Waals surface area contributed by atoms with Crippen LogP contribution < -0.4 is 15.4 Å². The molecule has 0 aliphatic carbocycles. The molecule has 4 rings (SSSR count). The summed E-state index contributed by atoms with van der Waals surface area (Å²) in [7, 11) is 1.34. The van der Waals surface area contributed by atoms with Gasteiger partial charge in [0.15, 0.2) is 0 Å². The van der Waals surface area contributed by atoms with Crippen LogP contribution in [0.5, 0.6) is 5.75 Å². The van der Waals surface area contributed by atoms with Crippen LogP contribution in [0.15, 0.2) is 72.9 Å². The fourth-order valence-electron chi connectivity index (χ4n) is 4.74. The maximum absolute atomic E-state index is 12.4. The number of carbonyl (C=O) groups excluding carboxylic acids is 2. The zero-order chi connectivity index (χ0) is 31.5. The molecule has 4 aromatic rings. The number of fused-ring (bicyclic) bond motifs is 1. The molecule has 44 heavy (non-hydrogen) atoms. The number of benzene rings is 3. The Morgan fingerprint density at radius 1 is 1.00 bits per heavy atom. The molecular formula is C35H39N3O6. The average Bonchev–Trinajstić information content (AvgIpc) is 3.44.